The largest absolute Gasteiger partial charge is 0.393 e. The van der Waals surface area contributed by atoms with Crippen LogP contribution in [0.5, 0.6) is 0 Å². The maximum Gasteiger partial charge on any atom is 0.263 e. The highest BCUT2D eigenvalue weighted by atomic mass is 35.5. The van der Waals surface area contributed by atoms with Gasteiger partial charge in [-0.25, -0.2) is 4.98 Å². The summed E-state index contributed by atoms with van der Waals surface area (Å²) < 4.78 is 1.62. The number of nitrogens with one attached hydrogen (secondary N) is 1. The second-order valence-electron chi connectivity index (χ2n) is 8.27. The van der Waals surface area contributed by atoms with Gasteiger partial charge in [0.15, 0.2) is 5.82 Å². The van der Waals surface area contributed by atoms with Crippen molar-refractivity contribution in [2.24, 2.45) is 5.92 Å². The smallest absolute Gasteiger partial charge is 0.263 e. The molecule has 0 saturated heterocycles. The molecule has 0 bridgehead atoms. The lowest BCUT2D eigenvalue weighted by Gasteiger charge is -2.36. The maximum absolute atomic E-state index is 13.6. The fourth-order valence-corrected chi connectivity index (χ4v) is 4.71. The van der Waals surface area contributed by atoms with Gasteiger partial charge in [0, 0.05) is 6.04 Å². The number of nitrogens with zero attached hydrogens (tertiary/aromatic N) is 4. The van der Waals surface area contributed by atoms with Crippen molar-refractivity contribution in [3.63, 3.8) is 0 Å². The lowest BCUT2D eigenvalue weighted by molar-refractivity contribution is 0.0451. The molecule has 0 radical (unpaired) electrons. The average molecular weight is 497 g/mol. The molecule has 9 nitrogen and oxygen atoms in total. The Hall–Kier alpha value is -2.33. The first kappa shape index (κ1) is 21.5. The average Bonchev–Trinajstić information content (AvgIpc) is 3.55. The van der Waals surface area contributed by atoms with Crippen molar-refractivity contribution in [1.29, 1.82) is 0 Å². The Morgan fingerprint density at radius 1 is 1.09 bits per heavy atom. The number of nitrogen functional groups attached to an aromatic ring is 2. The molecule has 1 atom stereocenters. The highest BCUT2D eigenvalue weighted by molar-refractivity contribution is 6.39. The number of hydrogen-bond donors (Lipinski definition) is 4. The number of aliphatic hydroxyl groups is 1. The van der Waals surface area contributed by atoms with Crippen molar-refractivity contribution < 1.29 is 5.11 Å². The monoisotopic (exact) mass is 495 g/mol. The third-order valence-corrected chi connectivity index (χ3v) is 6.99. The molecule has 2 aliphatic carbocycles. The molecule has 12 heteroatoms. The lowest BCUT2D eigenvalue weighted by atomic mass is 9.88. The topological polar surface area (TPSA) is 145 Å². The minimum Gasteiger partial charge on any atom is -0.393 e. The van der Waals surface area contributed by atoms with Crippen LogP contribution in [0.15, 0.2) is 16.9 Å². The number of aliphatic hydroxyl groups excluding tert-OH is 1. The third kappa shape index (κ3) is 3.63. The number of benzene rings is 1. The van der Waals surface area contributed by atoms with Crippen LogP contribution in [0.4, 0.5) is 17.6 Å². The predicted molar refractivity (Wildman–Crippen MR) is 125 cm³/mol. The van der Waals surface area contributed by atoms with E-state index in [4.69, 9.17) is 51.3 Å². The van der Waals surface area contributed by atoms with E-state index >= 15 is 0 Å². The Labute approximate surface area is 197 Å². The molecular weight excluding hydrogens is 477 g/mol. The van der Waals surface area contributed by atoms with Crippen molar-refractivity contribution in [1.82, 2.24) is 19.5 Å². The van der Waals surface area contributed by atoms with Gasteiger partial charge < -0.3 is 21.9 Å². The van der Waals surface area contributed by atoms with Crippen LogP contribution in [0.1, 0.15) is 43.6 Å². The summed E-state index contributed by atoms with van der Waals surface area (Å²) in [5.74, 6) is 0.960. The van der Waals surface area contributed by atoms with Gasteiger partial charge >= 0.3 is 0 Å². The van der Waals surface area contributed by atoms with Crippen molar-refractivity contribution in [2.45, 2.75) is 43.9 Å². The summed E-state index contributed by atoms with van der Waals surface area (Å²) in [6.07, 6.45) is 2.28. The third-order valence-electron chi connectivity index (χ3n) is 6.00. The number of aromatic nitrogens is 4. The van der Waals surface area contributed by atoms with Crippen LogP contribution in [-0.4, -0.2) is 30.7 Å². The van der Waals surface area contributed by atoms with Crippen molar-refractivity contribution in [3.8, 4) is 0 Å². The fraction of sp³-hybridized carbons (Fsp3) is 0.400. The summed E-state index contributed by atoms with van der Waals surface area (Å²) in [6, 6.07) is 2.57. The number of anilines is 3. The molecule has 32 heavy (non-hydrogen) atoms. The molecule has 2 fully saturated rings. The normalized spacial score (nSPS) is 21.4. The first-order valence-corrected chi connectivity index (χ1v) is 11.3. The highest BCUT2D eigenvalue weighted by Crippen LogP contribution is 2.45. The molecule has 2 heterocycles. The molecule has 0 aliphatic heterocycles. The molecule has 3 aromatic rings. The van der Waals surface area contributed by atoms with Crippen LogP contribution in [0.2, 0.25) is 15.1 Å². The van der Waals surface area contributed by atoms with E-state index in [1.54, 1.807) is 16.7 Å². The SMILES string of the molecule is Nc1nc(N)c(Cl)c(N[C@H](c2nc3c(Cl)ccc(Cl)c3c(=O)n2[C@H]2C[C@@H](O)C2)C2CC2)n1. The van der Waals surface area contributed by atoms with Crippen LogP contribution in [0, 0.1) is 5.92 Å². The summed E-state index contributed by atoms with van der Waals surface area (Å²) in [5, 5.41) is 14.2. The zero-order valence-electron chi connectivity index (χ0n) is 16.7. The van der Waals surface area contributed by atoms with E-state index < -0.39 is 12.1 Å². The van der Waals surface area contributed by atoms with Crippen molar-refractivity contribution >= 4 is 63.3 Å². The Morgan fingerprint density at radius 2 is 1.78 bits per heavy atom. The fourth-order valence-electron chi connectivity index (χ4n) is 4.14. The summed E-state index contributed by atoms with van der Waals surface area (Å²) >= 11 is 19.1. The number of halogens is 3. The zero-order valence-corrected chi connectivity index (χ0v) is 19.0. The molecule has 168 valence electrons. The molecule has 2 aliphatic rings. The minimum atomic E-state index is -0.464. The minimum absolute atomic E-state index is 0.0234. The maximum atomic E-state index is 13.6. The number of fused-ring (bicyclic) bond motifs is 1. The molecular formula is C20H20Cl3N7O2. The number of rotatable bonds is 5. The van der Waals surface area contributed by atoms with E-state index in [9.17, 15) is 9.90 Å². The lowest BCUT2D eigenvalue weighted by Crippen LogP contribution is -2.40. The van der Waals surface area contributed by atoms with Gasteiger partial charge in [0.25, 0.3) is 5.56 Å². The molecule has 2 aromatic heterocycles. The Bertz CT molecular complexity index is 1290. The molecule has 0 spiro atoms. The molecule has 5 rings (SSSR count). The van der Waals surface area contributed by atoms with Crippen LogP contribution in [0.25, 0.3) is 10.9 Å². The van der Waals surface area contributed by atoms with E-state index in [1.165, 1.54) is 0 Å². The van der Waals surface area contributed by atoms with Gasteiger partial charge in [-0.1, -0.05) is 34.8 Å². The van der Waals surface area contributed by atoms with Crippen LogP contribution < -0.4 is 22.3 Å². The van der Waals surface area contributed by atoms with Gasteiger partial charge in [-0.3, -0.25) is 9.36 Å². The van der Waals surface area contributed by atoms with Gasteiger partial charge in [0.05, 0.1) is 33.1 Å². The van der Waals surface area contributed by atoms with E-state index in [1.807, 2.05) is 0 Å². The van der Waals surface area contributed by atoms with Gasteiger partial charge in [-0.2, -0.15) is 9.97 Å². The first-order chi connectivity index (χ1) is 15.2. The van der Waals surface area contributed by atoms with E-state index in [2.05, 4.69) is 15.3 Å². The Morgan fingerprint density at radius 3 is 2.44 bits per heavy atom. The zero-order chi connectivity index (χ0) is 22.7. The molecule has 0 unspecified atom stereocenters. The highest BCUT2D eigenvalue weighted by Gasteiger charge is 2.40. The summed E-state index contributed by atoms with van der Waals surface area (Å²) in [4.78, 5) is 26.5. The van der Waals surface area contributed by atoms with Crippen LogP contribution >= 0.6 is 34.8 Å². The summed E-state index contributed by atoms with van der Waals surface area (Å²) in [7, 11) is 0. The second-order valence-corrected chi connectivity index (χ2v) is 9.46. The standard InChI is InChI=1S/C20H20Cl3N7O2/c21-10-3-4-11(22)15-12(10)19(32)30(8-5-9(31)6-8)18(27-15)14(7-1-2-7)26-17-13(23)16(24)28-20(25)29-17/h3-4,7-9,14,31H,1-2,5-6H2,(H5,24,25,26,28,29)/t8-,9+,14-/m0/s1. The molecule has 1 aromatic carbocycles. The van der Waals surface area contributed by atoms with E-state index in [0.29, 0.717) is 29.2 Å². The Balaban J connectivity index is 1.71. The quantitative estimate of drug-likeness (QED) is 0.419. The van der Waals surface area contributed by atoms with Gasteiger partial charge in [0.2, 0.25) is 5.95 Å². The van der Waals surface area contributed by atoms with Gasteiger partial charge in [0.1, 0.15) is 16.7 Å². The molecule has 6 N–H and O–H groups in total. The van der Waals surface area contributed by atoms with E-state index in [-0.39, 0.29) is 50.5 Å². The van der Waals surface area contributed by atoms with Crippen LogP contribution in [-0.2, 0) is 0 Å². The summed E-state index contributed by atoms with van der Waals surface area (Å²) in [5.41, 5.74) is 11.6. The van der Waals surface area contributed by atoms with Crippen molar-refractivity contribution in [3.05, 3.63) is 43.4 Å². The van der Waals surface area contributed by atoms with E-state index in [0.717, 1.165) is 12.8 Å². The van der Waals surface area contributed by atoms with Crippen molar-refractivity contribution in [2.75, 3.05) is 16.8 Å². The molecule has 2 saturated carbocycles. The van der Waals surface area contributed by atoms with Gasteiger partial charge in [-0.15, -0.1) is 0 Å². The number of hydrogen-bond acceptors (Lipinski definition) is 8. The second kappa shape index (κ2) is 7.91. The number of nitrogens with two attached hydrogens (primary N) is 2. The predicted octanol–water partition coefficient (Wildman–Crippen LogP) is 3.57. The van der Waals surface area contributed by atoms with Gasteiger partial charge in [-0.05, 0) is 43.7 Å². The van der Waals surface area contributed by atoms with Crippen LogP contribution in [0.3, 0.4) is 0 Å². The molecule has 0 amide bonds. The first-order valence-electron chi connectivity index (χ1n) is 10.2. The summed E-state index contributed by atoms with van der Waals surface area (Å²) in [6.45, 7) is 0. The Kier molecular flexibility index (Phi) is 5.32.